The van der Waals surface area contributed by atoms with Gasteiger partial charge in [-0.2, -0.15) is 5.10 Å². The number of carbonyl (C=O) groups is 1. The number of amides is 1. The SMILES string of the molecule is CN(CC(=O)NCC1(c2ccc(F)cc2)CCCC1)CC1CCCN1c1cccnn1. The maximum Gasteiger partial charge on any atom is 0.234 e. The van der Waals surface area contributed by atoms with Gasteiger partial charge in [0.05, 0.1) is 6.54 Å². The smallest absolute Gasteiger partial charge is 0.234 e. The molecule has 1 aromatic heterocycles. The summed E-state index contributed by atoms with van der Waals surface area (Å²) in [5.41, 5.74) is 1.06. The number of hydrogen-bond acceptors (Lipinski definition) is 5. The largest absolute Gasteiger partial charge is 0.354 e. The molecule has 1 aliphatic carbocycles. The highest BCUT2D eigenvalue weighted by molar-refractivity contribution is 5.78. The Morgan fingerprint density at radius 3 is 2.71 bits per heavy atom. The molecule has 7 heteroatoms. The van der Waals surface area contributed by atoms with Crippen LogP contribution >= 0.6 is 0 Å². The van der Waals surface area contributed by atoms with Crippen LogP contribution in [0, 0.1) is 5.82 Å². The third-order valence-electron chi connectivity index (χ3n) is 6.81. The summed E-state index contributed by atoms with van der Waals surface area (Å²) < 4.78 is 13.4. The summed E-state index contributed by atoms with van der Waals surface area (Å²) in [6.45, 7) is 2.77. The fourth-order valence-corrected chi connectivity index (χ4v) is 5.19. The van der Waals surface area contributed by atoms with E-state index in [2.05, 4.69) is 25.3 Å². The molecule has 166 valence electrons. The van der Waals surface area contributed by atoms with E-state index in [4.69, 9.17) is 0 Å². The van der Waals surface area contributed by atoms with Crippen molar-refractivity contribution in [2.45, 2.75) is 50.0 Å². The molecule has 2 aliphatic rings. The molecule has 0 radical (unpaired) electrons. The van der Waals surface area contributed by atoms with E-state index in [0.29, 0.717) is 19.1 Å². The summed E-state index contributed by atoms with van der Waals surface area (Å²) in [5, 5.41) is 11.4. The highest BCUT2D eigenvalue weighted by atomic mass is 19.1. The van der Waals surface area contributed by atoms with Gasteiger partial charge in [0.25, 0.3) is 0 Å². The number of nitrogens with zero attached hydrogens (tertiary/aromatic N) is 4. The summed E-state index contributed by atoms with van der Waals surface area (Å²) >= 11 is 0. The Morgan fingerprint density at radius 1 is 1.23 bits per heavy atom. The van der Waals surface area contributed by atoms with Crippen molar-refractivity contribution >= 4 is 11.7 Å². The molecule has 2 fully saturated rings. The number of likely N-dealkylation sites (N-methyl/N-ethyl adjacent to an activating group) is 1. The van der Waals surface area contributed by atoms with Gasteiger partial charge in [-0.25, -0.2) is 4.39 Å². The molecule has 1 saturated carbocycles. The summed E-state index contributed by atoms with van der Waals surface area (Å²) in [6, 6.07) is 11.0. The first-order chi connectivity index (χ1) is 15.1. The summed E-state index contributed by atoms with van der Waals surface area (Å²) in [7, 11) is 2.00. The number of nitrogens with one attached hydrogen (secondary N) is 1. The van der Waals surface area contributed by atoms with Gasteiger partial charge in [-0.1, -0.05) is 25.0 Å². The van der Waals surface area contributed by atoms with E-state index >= 15 is 0 Å². The molecule has 31 heavy (non-hydrogen) atoms. The highest BCUT2D eigenvalue weighted by Gasteiger charge is 2.36. The van der Waals surface area contributed by atoms with Crippen molar-refractivity contribution in [1.29, 1.82) is 0 Å². The topological polar surface area (TPSA) is 61.4 Å². The standard InChI is InChI=1S/C24H32FN5O/c1-29(16-21-6-5-15-30(21)22-7-4-14-27-28-22)17-23(31)26-18-24(12-2-3-13-24)19-8-10-20(25)11-9-19/h4,7-11,14,21H,2-3,5-6,12-13,15-18H2,1H3,(H,26,31). The maximum atomic E-state index is 13.4. The highest BCUT2D eigenvalue weighted by Crippen LogP contribution is 2.40. The first kappa shape index (κ1) is 21.7. The van der Waals surface area contributed by atoms with Gasteiger partial charge >= 0.3 is 0 Å². The number of benzene rings is 1. The number of halogens is 1. The van der Waals surface area contributed by atoms with Crippen LogP contribution in [0.3, 0.4) is 0 Å². The van der Waals surface area contributed by atoms with Crippen LogP contribution in [0.1, 0.15) is 44.1 Å². The molecule has 1 aliphatic heterocycles. The summed E-state index contributed by atoms with van der Waals surface area (Å²) in [4.78, 5) is 17.1. The molecule has 0 bridgehead atoms. The number of anilines is 1. The lowest BCUT2D eigenvalue weighted by atomic mass is 9.79. The van der Waals surface area contributed by atoms with E-state index in [-0.39, 0.29) is 17.1 Å². The first-order valence-electron chi connectivity index (χ1n) is 11.3. The second-order valence-corrected chi connectivity index (χ2v) is 9.04. The van der Waals surface area contributed by atoms with Crippen LogP contribution in [-0.2, 0) is 10.2 Å². The second-order valence-electron chi connectivity index (χ2n) is 9.04. The Labute approximate surface area is 183 Å². The van der Waals surface area contributed by atoms with Crippen LogP contribution in [-0.4, -0.2) is 60.3 Å². The molecule has 0 spiro atoms. The van der Waals surface area contributed by atoms with E-state index in [9.17, 15) is 9.18 Å². The Bertz CT molecular complexity index is 854. The van der Waals surface area contributed by atoms with Crippen molar-refractivity contribution in [1.82, 2.24) is 20.4 Å². The quantitative estimate of drug-likeness (QED) is 0.704. The molecule has 1 unspecified atom stereocenters. The lowest BCUT2D eigenvalue weighted by Crippen LogP contribution is -2.45. The number of rotatable bonds is 8. The van der Waals surface area contributed by atoms with E-state index in [1.165, 1.54) is 12.1 Å². The molecular weight excluding hydrogens is 393 g/mol. The average Bonchev–Trinajstić information content (AvgIpc) is 3.44. The van der Waals surface area contributed by atoms with Gasteiger partial charge in [0, 0.05) is 37.3 Å². The normalized spacial score (nSPS) is 20.4. The molecule has 1 atom stereocenters. The van der Waals surface area contributed by atoms with Gasteiger partial charge in [-0.05, 0) is 62.6 Å². The molecule has 1 saturated heterocycles. The van der Waals surface area contributed by atoms with Gasteiger partial charge in [-0.15, -0.1) is 5.10 Å². The van der Waals surface area contributed by atoms with Gasteiger partial charge in [0.15, 0.2) is 5.82 Å². The van der Waals surface area contributed by atoms with Crippen molar-refractivity contribution in [3.63, 3.8) is 0 Å². The third kappa shape index (κ3) is 5.21. The van der Waals surface area contributed by atoms with Gasteiger partial charge in [0.2, 0.25) is 5.91 Å². The predicted octanol–water partition coefficient (Wildman–Crippen LogP) is 3.14. The molecule has 2 heterocycles. The van der Waals surface area contributed by atoms with Crippen molar-refractivity contribution in [2.75, 3.05) is 38.1 Å². The fraction of sp³-hybridized carbons (Fsp3) is 0.542. The van der Waals surface area contributed by atoms with Crippen LogP contribution < -0.4 is 10.2 Å². The molecule has 1 N–H and O–H groups in total. The Kier molecular flexibility index (Phi) is 6.80. The first-order valence-corrected chi connectivity index (χ1v) is 11.3. The minimum absolute atomic E-state index is 0.0416. The lowest BCUT2D eigenvalue weighted by molar-refractivity contribution is -0.122. The molecular formula is C24H32FN5O. The molecule has 6 nitrogen and oxygen atoms in total. The van der Waals surface area contributed by atoms with Crippen molar-refractivity contribution < 1.29 is 9.18 Å². The zero-order valence-electron chi connectivity index (χ0n) is 18.3. The Morgan fingerprint density at radius 2 is 2.00 bits per heavy atom. The van der Waals surface area contributed by atoms with E-state index in [0.717, 1.165) is 63.0 Å². The maximum absolute atomic E-state index is 13.4. The van der Waals surface area contributed by atoms with Gasteiger partial charge in [-0.3, -0.25) is 9.69 Å². The van der Waals surface area contributed by atoms with Crippen molar-refractivity contribution in [2.24, 2.45) is 0 Å². The minimum Gasteiger partial charge on any atom is -0.354 e. The number of hydrogen-bond donors (Lipinski definition) is 1. The van der Waals surface area contributed by atoms with Crippen LogP contribution in [0.15, 0.2) is 42.6 Å². The van der Waals surface area contributed by atoms with Crippen LogP contribution in [0.5, 0.6) is 0 Å². The molecule has 1 amide bonds. The van der Waals surface area contributed by atoms with Crippen molar-refractivity contribution in [3.05, 3.63) is 54.0 Å². The molecule has 4 rings (SSSR count). The van der Waals surface area contributed by atoms with Gasteiger partial charge < -0.3 is 10.2 Å². The van der Waals surface area contributed by atoms with Crippen LogP contribution in [0.25, 0.3) is 0 Å². The minimum atomic E-state index is -0.218. The summed E-state index contributed by atoms with van der Waals surface area (Å²) in [5.74, 6) is 0.732. The van der Waals surface area contributed by atoms with E-state index in [1.807, 2.05) is 31.3 Å². The Hall–Kier alpha value is -2.54. The van der Waals surface area contributed by atoms with Crippen LogP contribution in [0.4, 0.5) is 10.2 Å². The lowest BCUT2D eigenvalue weighted by Gasteiger charge is -2.31. The van der Waals surface area contributed by atoms with Crippen molar-refractivity contribution in [3.8, 4) is 0 Å². The third-order valence-corrected chi connectivity index (χ3v) is 6.81. The van der Waals surface area contributed by atoms with E-state index in [1.54, 1.807) is 6.20 Å². The second kappa shape index (κ2) is 9.73. The fourth-order valence-electron chi connectivity index (χ4n) is 5.19. The predicted molar refractivity (Wildman–Crippen MR) is 119 cm³/mol. The Balaban J connectivity index is 1.30. The summed E-state index contributed by atoms with van der Waals surface area (Å²) in [6.07, 6.45) is 8.26. The monoisotopic (exact) mass is 425 g/mol. The van der Waals surface area contributed by atoms with Gasteiger partial charge in [0.1, 0.15) is 5.82 Å². The molecule has 1 aromatic carbocycles. The number of aromatic nitrogens is 2. The van der Waals surface area contributed by atoms with Crippen LogP contribution in [0.2, 0.25) is 0 Å². The van der Waals surface area contributed by atoms with E-state index < -0.39 is 0 Å². The zero-order valence-corrected chi connectivity index (χ0v) is 18.3. The molecule has 2 aromatic rings. The average molecular weight is 426 g/mol. The number of carbonyl (C=O) groups excluding carboxylic acids is 1. The zero-order chi connectivity index (χ0) is 21.7.